The zero-order chi connectivity index (χ0) is 23.0. The molecule has 0 fully saturated rings. The van der Waals surface area contributed by atoms with Crippen molar-refractivity contribution in [3.8, 4) is 0 Å². The Morgan fingerprint density at radius 1 is 0.387 bits per heavy atom. The Balaban J connectivity index is 2.44. The van der Waals surface area contributed by atoms with Crippen molar-refractivity contribution in [2.75, 3.05) is 0 Å². The van der Waals surface area contributed by atoms with Crippen LogP contribution < -0.4 is 13.1 Å². The summed E-state index contributed by atoms with van der Waals surface area (Å²) in [7, 11) is 0. The molecule has 0 unspecified atom stereocenters. The van der Waals surface area contributed by atoms with Crippen molar-refractivity contribution in [2.24, 2.45) is 0 Å². The molecule has 0 radical (unpaired) electrons. The zero-order valence-electron chi connectivity index (χ0n) is 20.9. The van der Waals surface area contributed by atoms with Crippen LogP contribution in [0.5, 0.6) is 0 Å². The van der Waals surface area contributed by atoms with Crippen LogP contribution in [0.3, 0.4) is 0 Å². The minimum atomic E-state index is -1.82. The topological polar surface area (TPSA) is 0 Å². The quantitative estimate of drug-likeness (QED) is 0.403. The van der Waals surface area contributed by atoms with E-state index < -0.39 is 14.7 Å². The number of hydrogen-bond acceptors (Lipinski definition) is 0. The maximum absolute atomic E-state index is 2.42. The van der Waals surface area contributed by atoms with E-state index in [-0.39, 0.29) is 16.2 Å². The third-order valence-corrected chi connectivity index (χ3v) is 11.3. The monoisotopic (exact) mass is 474 g/mol. The summed E-state index contributed by atoms with van der Waals surface area (Å²) in [6.45, 7) is 21.2. The summed E-state index contributed by atoms with van der Waals surface area (Å²) in [4.78, 5) is 0. The van der Waals surface area contributed by atoms with Crippen LogP contribution in [0.15, 0.2) is 72.8 Å². The molecule has 1 heteroatoms. The Kier molecular flexibility index (Phi) is 6.65. The van der Waals surface area contributed by atoms with E-state index in [0.717, 1.165) is 0 Å². The summed E-state index contributed by atoms with van der Waals surface area (Å²) in [5.41, 5.74) is 4.79. The summed E-state index contributed by atoms with van der Waals surface area (Å²) >= 11 is -1.82. The molecule has 0 aromatic heterocycles. The van der Waals surface area contributed by atoms with E-state index in [1.807, 2.05) is 0 Å². The Morgan fingerprint density at radius 2 is 0.613 bits per heavy atom. The molecule has 0 aliphatic rings. The van der Waals surface area contributed by atoms with E-state index in [0.29, 0.717) is 0 Å². The van der Waals surface area contributed by atoms with Gasteiger partial charge in [-0.15, -0.1) is 0 Å². The fourth-order valence-corrected chi connectivity index (χ4v) is 11.5. The molecule has 0 amide bonds. The standard InChI is InChI=1S/C30H39As/c1-28(2,3)22-16-10-13-19-25(22)31(26-20-14-11-17-23(26)29(4,5)6)27-21-15-12-18-24(27)30(7,8)9/h10-21H,1-9H3. The van der Waals surface area contributed by atoms with E-state index in [4.69, 9.17) is 0 Å². The van der Waals surface area contributed by atoms with Gasteiger partial charge in [-0.1, -0.05) is 0 Å². The first kappa shape index (κ1) is 23.9. The van der Waals surface area contributed by atoms with E-state index >= 15 is 0 Å². The van der Waals surface area contributed by atoms with Gasteiger partial charge >= 0.3 is 196 Å². The van der Waals surface area contributed by atoms with Gasteiger partial charge in [0.1, 0.15) is 0 Å². The van der Waals surface area contributed by atoms with E-state index in [1.54, 1.807) is 13.1 Å². The first-order valence-corrected chi connectivity index (χ1v) is 14.2. The van der Waals surface area contributed by atoms with Gasteiger partial charge in [0.25, 0.3) is 0 Å². The van der Waals surface area contributed by atoms with Gasteiger partial charge in [-0.25, -0.2) is 0 Å². The normalized spacial score (nSPS) is 13.0. The molecule has 0 atom stereocenters. The molecule has 3 aromatic rings. The zero-order valence-corrected chi connectivity index (χ0v) is 22.8. The van der Waals surface area contributed by atoms with Crippen molar-refractivity contribution >= 4 is 27.7 Å². The van der Waals surface area contributed by atoms with Crippen LogP contribution in [0.2, 0.25) is 0 Å². The van der Waals surface area contributed by atoms with Crippen LogP contribution >= 0.6 is 0 Å². The second-order valence-corrected chi connectivity index (χ2v) is 16.1. The summed E-state index contributed by atoms with van der Waals surface area (Å²) in [5.74, 6) is 0. The van der Waals surface area contributed by atoms with Crippen molar-refractivity contribution in [2.45, 2.75) is 78.6 Å². The van der Waals surface area contributed by atoms with E-state index in [2.05, 4.69) is 135 Å². The molecular weight excluding hydrogens is 435 g/mol. The molecule has 3 rings (SSSR count). The molecule has 0 N–H and O–H groups in total. The molecular formula is C30H39As. The molecule has 0 saturated carbocycles. The molecule has 3 aromatic carbocycles. The van der Waals surface area contributed by atoms with Crippen molar-refractivity contribution in [1.82, 2.24) is 0 Å². The third kappa shape index (κ3) is 5.18. The van der Waals surface area contributed by atoms with Gasteiger partial charge in [0.15, 0.2) is 0 Å². The van der Waals surface area contributed by atoms with Gasteiger partial charge in [-0.3, -0.25) is 0 Å². The van der Waals surface area contributed by atoms with E-state index in [9.17, 15) is 0 Å². The van der Waals surface area contributed by atoms with Gasteiger partial charge < -0.3 is 0 Å². The molecule has 0 nitrogen and oxygen atoms in total. The second-order valence-electron chi connectivity index (χ2n) is 11.6. The Bertz CT molecular complexity index is 902. The van der Waals surface area contributed by atoms with Crippen molar-refractivity contribution < 1.29 is 0 Å². The average molecular weight is 475 g/mol. The molecule has 31 heavy (non-hydrogen) atoms. The average Bonchev–Trinajstić information content (AvgIpc) is 2.67. The van der Waals surface area contributed by atoms with Crippen molar-refractivity contribution in [3.63, 3.8) is 0 Å². The van der Waals surface area contributed by atoms with Gasteiger partial charge in [-0.05, 0) is 0 Å². The summed E-state index contributed by atoms with van der Waals surface area (Å²) in [6.07, 6.45) is 0. The minimum absolute atomic E-state index is 0.108. The van der Waals surface area contributed by atoms with Crippen LogP contribution in [-0.4, -0.2) is 14.7 Å². The summed E-state index contributed by atoms with van der Waals surface area (Å²) < 4.78 is 4.70. The number of hydrogen-bond donors (Lipinski definition) is 0. The first-order chi connectivity index (χ1) is 14.3. The summed E-state index contributed by atoms with van der Waals surface area (Å²) in [5, 5.41) is 0. The van der Waals surface area contributed by atoms with Crippen molar-refractivity contribution in [1.29, 1.82) is 0 Å². The SMILES string of the molecule is CC(C)(C)c1ccccc1[As](c1ccccc1C(C)(C)C)c1ccccc1C(C)(C)C. The van der Waals surface area contributed by atoms with Gasteiger partial charge in [0.05, 0.1) is 0 Å². The predicted molar refractivity (Wildman–Crippen MR) is 140 cm³/mol. The number of rotatable bonds is 3. The molecule has 0 saturated heterocycles. The maximum atomic E-state index is 2.42. The van der Waals surface area contributed by atoms with E-state index in [1.165, 1.54) is 16.7 Å². The number of benzene rings is 3. The fraction of sp³-hybridized carbons (Fsp3) is 0.400. The van der Waals surface area contributed by atoms with Crippen LogP contribution in [0.1, 0.15) is 79.0 Å². The fourth-order valence-electron chi connectivity index (χ4n) is 4.30. The molecule has 0 bridgehead atoms. The Morgan fingerprint density at radius 3 is 0.839 bits per heavy atom. The Hall–Kier alpha value is -1.78. The second kappa shape index (κ2) is 8.63. The Labute approximate surface area is 195 Å². The first-order valence-electron chi connectivity index (χ1n) is 11.4. The van der Waals surface area contributed by atoms with Crippen LogP contribution in [0.25, 0.3) is 0 Å². The van der Waals surface area contributed by atoms with Crippen LogP contribution in [-0.2, 0) is 16.2 Å². The van der Waals surface area contributed by atoms with Crippen LogP contribution in [0, 0.1) is 0 Å². The summed E-state index contributed by atoms with van der Waals surface area (Å²) in [6, 6.07) is 27.7. The molecule has 164 valence electrons. The van der Waals surface area contributed by atoms with Crippen LogP contribution in [0.4, 0.5) is 0 Å². The van der Waals surface area contributed by atoms with Crippen molar-refractivity contribution in [3.05, 3.63) is 89.5 Å². The third-order valence-electron chi connectivity index (χ3n) is 5.86. The predicted octanol–water partition coefficient (Wildman–Crippen LogP) is 6.10. The molecule has 0 spiro atoms. The molecule has 0 aliphatic carbocycles. The van der Waals surface area contributed by atoms with Gasteiger partial charge in [-0.2, -0.15) is 0 Å². The molecule has 0 aliphatic heterocycles. The van der Waals surface area contributed by atoms with Gasteiger partial charge in [0.2, 0.25) is 0 Å². The molecule has 0 heterocycles. The van der Waals surface area contributed by atoms with Gasteiger partial charge in [0, 0.05) is 0 Å².